The number of amides is 1. The Morgan fingerprint density at radius 3 is 2.44 bits per heavy atom. The average Bonchev–Trinajstić information content (AvgIpc) is 3.36. The van der Waals surface area contributed by atoms with Gasteiger partial charge in [0.15, 0.2) is 0 Å². The lowest BCUT2D eigenvalue weighted by Gasteiger charge is -2.56. The van der Waals surface area contributed by atoms with E-state index in [1.54, 1.807) is 0 Å². The number of nitrogens with zero attached hydrogens (tertiary/aromatic N) is 1. The summed E-state index contributed by atoms with van der Waals surface area (Å²) in [6.07, 6.45) is 7.39. The third kappa shape index (κ3) is 3.61. The van der Waals surface area contributed by atoms with Crippen LogP contribution in [0.25, 0.3) is 0 Å². The first-order valence-electron chi connectivity index (χ1n) is 9.97. The molecule has 4 heteroatoms. The highest BCUT2D eigenvalue weighted by molar-refractivity contribution is 5.80. The van der Waals surface area contributed by atoms with Crippen LogP contribution >= 0.6 is 0 Å². The van der Waals surface area contributed by atoms with Crippen LogP contribution in [0.15, 0.2) is 30.3 Å². The Bertz CT molecular complexity index is 581. The van der Waals surface area contributed by atoms with Crippen molar-refractivity contribution >= 4 is 5.91 Å². The zero-order chi connectivity index (χ0) is 17.2. The molecular weight excluding hydrogens is 312 g/mol. The number of rotatable bonds is 7. The third-order valence-electron chi connectivity index (χ3n) is 6.43. The number of benzene rings is 1. The quantitative estimate of drug-likeness (QED) is 0.801. The van der Waals surface area contributed by atoms with Gasteiger partial charge in [-0.1, -0.05) is 43.2 Å². The van der Waals surface area contributed by atoms with Crippen LogP contribution in [0.3, 0.4) is 0 Å². The monoisotopic (exact) mass is 342 g/mol. The van der Waals surface area contributed by atoms with Gasteiger partial charge in [0.2, 0.25) is 5.91 Å². The summed E-state index contributed by atoms with van der Waals surface area (Å²) in [5, 5.41) is 13.2. The van der Waals surface area contributed by atoms with Crippen LogP contribution < -0.4 is 5.32 Å². The highest BCUT2D eigenvalue weighted by Gasteiger charge is 2.49. The van der Waals surface area contributed by atoms with E-state index in [-0.39, 0.29) is 24.5 Å². The first-order valence-corrected chi connectivity index (χ1v) is 9.97. The van der Waals surface area contributed by atoms with E-state index in [0.717, 1.165) is 25.3 Å². The lowest BCUT2D eigenvalue weighted by molar-refractivity contribution is -0.123. The zero-order valence-electron chi connectivity index (χ0n) is 14.9. The van der Waals surface area contributed by atoms with Gasteiger partial charge in [-0.2, -0.15) is 0 Å². The van der Waals surface area contributed by atoms with Crippen molar-refractivity contribution in [3.63, 3.8) is 0 Å². The van der Waals surface area contributed by atoms with Gasteiger partial charge in [-0.05, 0) is 37.2 Å². The Balaban J connectivity index is 1.47. The summed E-state index contributed by atoms with van der Waals surface area (Å²) >= 11 is 0. The molecule has 0 unspecified atom stereocenters. The van der Waals surface area contributed by atoms with Gasteiger partial charge >= 0.3 is 0 Å². The van der Waals surface area contributed by atoms with Gasteiger partial charge in [0.1, 0.15) is 0 Å². The average molecular weight is 342 g/mol. The van der Waals surface area contributed by atoms with Crippen LogP contribution in [0.1, 0.15) is 50.0 Å². The molecule has 1 saturated heterocycles. The fourth-order valence-corrected chi connectivity index (χ4v) is 4.85. The maximum atomic E-state index is 12.1. The molecule has 1 aromatic carbocycles. The Hall–Kier alpha value is -1.39. The van der Waals surface area contributed by atoms with E-state index < -0.39 is 0 Å². The Morgan fingerprint density at radius 2 is 1.80 bits per heavy atom. The van der Waals surface area contributed by atoms with Crippen molar-refractivity contribution in [1.82, 2.24) is 10.2 Å². The van der Waals surface area contributed by atoms with Crippen molar-refractivity contribution in [2.45, 2.75) is 56.5 Å². The van der Waals surface area contributed by atoms with Crippen LogP contribution in [0.5, 0.6) is 0 Å². The summed E-state index contributed by atoms with van der Waals surface area (Å²) in [4.78, 5) is 14.6. The first-order chi connectivity index (χ1) is 12.3. The molecule has 4 rings (SSSR count). The van der Waals surface area contributed by atoms with Gasteiger partial charge in [-0.15, -0.1) is 0 Å². The predicted octanol–water partition coefficient (Wildman–Crippen LogP) is 2.53. The number of carbonyl (C=O) groups excluding carboxylic acids is 1. The van der Waals surface area contributed by atoms with Crippen LogP contribution in [-0.2, 0) is 4.79 Å². The third-order valence-corrected chi connectivity index (χ3v) is 6.43. The van der Waals surface area contributed by atoms with E-state index >= 15 is 0 Å². The van der Waals surface area contributed by atoms with Gasteiger partial charge in [0, 0.05) is 37.0 Å². The fraction of sp³-hybridized carbons (Fsp3) is 0.667. The summed E-state index contributed by atoms with van der Waals surface area (Å²) in [6.45, 7) is 1.97. The zero-order valence-corrected chi connectivity index (χ0v) is 14.9. The highest BCUT2D eigenvalue weighted by atomic mass is 16.3. The number of aliphatic hydroxyl groups excluding tert-OH is 1. The molecule has 3 atom stereocenters. The van der Waals surface area contributed by atoms with Crippen LogP contribution in [0.2, 0.25) is 0 Å². The van der Waals surface area contributed by atoms with Crippen molar-refractivity contribution in [3.8, 4) is 0 Å². The number of carbonyl (C=O) groups is 1. The van der Waals surface area contributed by atoms with Crippen molar-refractivity contribution < 1.29 is 9.90 Å². The fourth-order valence-electron chi connectivity index (χ4n) is 4.85. The normalized spacial score (nSPS) is 30.2. The van der Waals surface area contributed by atoms with Gasteiger partial charge in [-0.3, -0.25) is 9.69 Å². The van der Waals surface area contributed by atoms with E-state index in [1.807, 2.05) is 6.07 Å². The molecule has 1 aliphatic heterocycles. The largest absolute Gasteiger partial charge is 0.395 e. The molecule has 136 valence electrons. The summed E-state index contributed by atoms with van der Waals surface area (Å²) in [6, 6.07) is 11.0. The molecule has 4 nitrogen and oxygen atoms in total. The van der Waals surface area contributed by atoms with Crippen molar-refractivity contribution in [3.05, 3.63) is 35.9 Å². The Labute approximate surface area is 150 Å². The Kier molecular flexibility index (Phi) is 5.09. The van der Waals surface area contributed by atoms with Gasteiger partial charge in [-0.25, -0.2) is 0 Å². The van der Waals surface area contributed by atoms with E-state index in [0.29, 0.717) is 18.5 Å². The van der Waals surface area contributed by atoms with Crippen molar-refractivity contribution in [2.75, 3.05) is 19.7 Å². The topological polar surface area (TPSA) is 52.6 Å². The van der Waals surface area contributed by atoms with E-state index in [9.17, 15) is 9.90 Å². The number of hydrogen-bond donors (Lipinski definition) is 2. The second-order valence-electron chi connectivity index (χ2n) is 8.12. The summed E-state index contributed by atoms with van der Waals surface area (Å²) < 4.78 is 0. The number of likely N-dealkylation sites (tertiary alicyclic amines) is 1. The molecule has 1 aromatic rings. The van der Waals surface area contributed by atoms with E-state index in [4.69, 9.17) is 0 Å². The number of nitrogens with one attached hydrogen (secondary N) is 1. The molecular formula is C21H30N2O2. The van der Waals surface area contributed by atoms with Crippen LogP contribution in [0, 0.1) is 11.8 Å². The molecule has 1 heterocycles. The number of aliphatic hydroxyl groups is 1. The summed E-state index contributed by atoms with van der Waals surface area (Å²) in [7, 11) is 0. The maximum Gasteiger partial charge on any atom is 0.223 e. The molecule has 2 aliphatic carbocycles. The molecule has 3 aliphatic rings. The number of hydrogen-bond acceptors (Lipinski definition) is 3. The van der Waals surface area contributed by atoms with Crippen LogP contribution in [-0.4, -0.2) is 47.7 Å². The molecule has 2 N–H and O–H groups in total. The maximum absolute atomic E-state index is 12.1. The SMILES string of the molecule is O=C(NC[C@H]1[C@@H](c2ccccc2)[C@@H](CO)N1CC1CCCC1)C1CC1. The second-order valence-corrected chi connectivity index (χ2v) is 8.12. The van der Waals surface area contributed by atoms with Gasteiger partial charge in [0.25, 0.3) is 0 Å². The van der Waals surface area contributed by atoms with E-state index in [1.165, 1.54) is 31.2 Å². The molecule has 0 radical (unpaired) electrons. The molecule has 0 aromatic heterocycles. The lowest BCUT2D eigenvalue weighted by Crippen LogP contribution is -2.67. The minimum absolute atomic E-state index is 0.186. The Morgan fingerprint density at radius 1 is 1.08 bits per heavy atom. The molecule has 25 heavy (non-hydrogen) atoms. The minimum Gasteiger partial charge on any atom is -0.395 e. The predicted molar refractivity (Wildman–Crippen MR) is 98.2 cm³/mol. The molecule has 0 bridgehead atoms. The van der Waals surface area contributed by atoms with E-state index in [2.05, 4.69) is 34.5 Å². The molecule has 2 saturated carbocycles. The second kappa shape index (κ2) is 7.46. The van der Waals surface area contributed by atoms with Crippen molar-refractivity contribution in [2.24, 2.45) is 11.8 Å². The molecule has 3 fully saturated rings. The highest BCUT2D eigenvalue weighted by Crippen LogP contribution is 2.42. The minimum atomic E-state index is 0.186. The molecule has 0 spiro atoms. The first kappa shape index (κ1) is 17.0. The molecule has 1 amide bonds. The van der Waals surface area contributed by atoms with Crippen molar-refractivity contribution in [1.29, 1.82) is 0 Å². The van der Waals surface area contributed by atoms with Crippen LogP contribution in [0.4, 0.5) is 0 Å². The van der Waals surface area contributed by atoms with Gasteiger partial charge < -0.3 is 10.4 Å². The summed E-state index contributed by atoms with van der Waals surface area (Å²) in [5.74, 6) is 1.55. The lowest BCUT2D eigenvalue weighted by atomic mass is 9.74. The summed E-state index contributed by atoms with van der Waals surface area (Å²) in [5.41, 5.74) is 1.29. The van der Waals surface area contributed by atoms with Gasteiger partial charge in [0.05, 0.1) is 6.61 Å². The smallest absolute Gasteiger partial charge is 0.223 e. The standard InChI is InChI=1S/C21H30N2O2/c24-14-19-20(16-8-2-1-3-9-16)18(12-22-21(25)17-10-11-17)23(19)13-15-6-4-5-7-15/h1-3,8-9,15,17-20,24H,4-7,10-14H2,(H,22,25)/t18-,19+,20+/m0/s1.